The third-order valence-corrected chi connectivity index (χ3v) is 5.92. The number of halogens is 1. The van der Waals surface area contributed by atoms with Gasteiger partial charge in [0.2, 0.25) is 5.91 Å². The van der Waals surface area contributed by atoms with Gasteiger partial charge in [-0.05, 0) is 50.3 Å². The molecular weight excluding hydrogens is 416 g/mol. The summed E-state index contributed by atoms with van der Waals surface area (Å²) in [5.41, 5.74) is 2.29. The van der Waals surface area contributed by atoms with E-state index in [-0.39, 0.29) is 17.1 Å². The van der Waals surface area contributed by atoms with Crippen molar-refractivity contribution in [3.8, 4) is 5.75 Å². The van der Waals surface area contributed by atoms with E-state index >= 15 is 0 Å². The van der Waals surface area contributed by atoms with Gasteiger partial charge in [0.1, 0.15) is 10.8 Å². The zero-order valence-electron chi connectivity index (χ0n) is 14.6. The molecule has 3 rings (SSSR count). The SMILES string of the molecule is CCOc1ccccc1NC(=O)c1c(NC(=O)CBr)sc2c1CCCC2. The average molecular weight is 437 g/mol. The molecule has 0 bridgehead atoms. The second-order valence-corrected chi connectivity index (χ2v) is 7.65. The molecule has 0 saturated heterocycles. The minimum Gasteiger partial charge on any atom is -0.492 e. The zero-order valence-corrected chi connectivity index (χ0v) is 17.0. The summed E-state index contributed by atoms with van der Waals surface area (Å²) in [6.07, 6.45) is 4.00. The number of ether oxygens (including phenoxy) is 1. The minimum atomic E-state index is -0.207. The molecule has 1 aromatic carbocycles. The van der Waals surface area contributed by atoms with E-state index in [1.165, 1.54) is 16.2 Å². The summed E-state index contributed by atoms with van der Waals surface area (Å²) >= 11 is 4.68. The lowest BCUT2D eigenvalue weighted by atomic mass is 9.95. The first-order valence-electron chi connectivity index (χ1n) is 8.67. The van der Waals surface area contributed by atoms with Crippen LogP contribution in [0.3, 0.4) is 0 Å². The van der Waals surface area contributed by atoms with Gasteiger partial charge in [0.15, 0.2) is 0 Å². The van der Waals surface area contributed by atoms with Crippen LogP contribution in [-0.2, 0) is 17.6 Å². The second kappa shape index (κ2) is 8.68. The third kappa shape index (κ3) is 4.10. The first kappa shape index (κ1) is 18.9. The molecule has 1 aliphatic carbocycles. The molecule has 2 amide bonds. The van der Waals surface area contributed by atoms with E-state index in [2.05, 4.69) is 26.6 Å². The number of benzene rings is 1. The Morgan fingerprint density at radius 2 is 1.96 bits per heavy atom. The predicted molar refractivity (Wildman–Crippen MR) is 109 cm³/mol. The quantitative estimate of drug-likeness (QED) is 0.649. The summed E-state index contributed by atoms with van der Waals surface area (Å²) < 4.78 is 5.59. The van der Waals surface area contributed by atoms with Gasteiger partial charge in [-0.1, -0.05) is 28.1 Å². The largest absolute Gasteiger partial charge is 0.492 e. The van der Waals surface area contributed by atoms with Crippen molar-refractivity contribution in [2.45, 2.75) is 32.6 Å². The van der Waals surface area contributed by atoms with E-state index in [9.17, 15) is 9.59 Å². The molecule has 7 heteroatoms. The van der Waals surface area contributed by atoms with Crippen molar-refractivity contribution < 1.29 is 14.3 Å². The van der Waals surface area contributed by atoms with Crippen molar-refractivity contribution in [3.63, 3.8) is 0 Å². The number of hydrogen-bond donors (Lipinski definition) is 2. The fourth-order valence-corrected chi connectivity index (χ4v) is 4.53. The number of carbonyl (C=O) groups excluding carboxylic acids is 2. The molecule has 1 aromatic heterocycles. The number of anilines is 2. The highest BCUT2D eigenvalue weighted by molar-refractivity contribution is 9.09. The number of carbonyl (C=O) groups is 2. The van der Waals surface area contributed by atoms with Gasteiger partial charge < -0.3 is 15.4 Å². The monoisotopic (exact) mass is 436 g/mol. The van der Waals surface area contributed by atoms with E-state index in [0.29, 0.717) is 28.6 Å². The molecule has 0 unspecified atom stereocenters. The molecule has 2 aromatic rings. The second-order valence-electron chi connectivity index (χ2n) is 5.98. The van der Waals surface area contributed by atoms with Gasteiger partial charge in [0, 0.05) is 4.88 Å². The maximum absolute atomic E-state index is 13.1. The Hall–Kier alpha value is -1.86. The molecule has 2 N–H and O–H groups in total. The molecule has 0 radical (unpaired) electrons. The van der Waals surface area contributed by atoms with Crippen LogP contribution >= 0.6 is 27.3 Å². The molecule has 5 nitrogen and oxygen atoms in total. The Labute approximate surface area is 165 Å². The van der Waals surface area contributed by atoms with Gasteiger partial charge in [-0.2, -0.15) is 0 Å². The number of rotatable bonds is 6. The number of aryl methyl sites for hydroxylation is 1. The van der Waals surface area contributed by atoms with Crippen molar-refractivity contribution in [1.82, 2.24) is 0 Å². The van der Waals surface area contributed by atoms with Gasteiger partial charge in [-0.25, -0.2) is 0 Å². The minimum absolute atomic E-state index is 0.160. The molecule has 0 saturated carbocycles. The van der Waals surface area contributed by atoms with Crippen molar-refractivity contribution in [1.29, 1.82) is 0 Å². The number of hydrogen-bond acceptors (Lipinski definition) is 4. The maximum atomic E-state index is 13.1. The van der Waals surface area contributed by atoms with Gasteiger partial charge in [-0.3, -0.25) is 9.59 Å². The summed E-state index contributed by atoms with van der Waals surface area (Å²) in [5, 5.41) is 6.65. The first-order chi connectivity index (χ1) is 12.6. The first-order valence-corrected chi connectivity index (χ1v) is 10.6. The van der Waals surface area contributed by atoms with Crippen molar-refractivity contribution in [3.05, 3.63) is 40.3 Å². The van der Waals surface area contributed by atoms with Gasteiger partial charge >= 0.3 is 0 Å². The Morgan fingerprint density at radius 3 is 2.73 bits per heavy atom. The number of amides is 2. The molecule has 26 heavy (non-hydrogen) atoms. The van der Waals surface area contributed by atoms with Crippen LogP contribution in [0.25, 0.3) is 0 Å². The van der Waals surface area contributed by atoms with Crippen LogP contribution in [0.2, 0.25) is 0 Å². The fraction of sp³-hybridized carbons (Fsp3) is 0.368. The van der Waals surface area contributed by atoms with Crippen molar-refractivity contribution in [2.75, 3.05) is 22.6 Å². The van der Waals surface area contributed by atoms with Crippen LogP contribution in [0.1, 0.15) is 40.6 Å². The lowest BCUT2D eigenvalue weighted by Gasteiger charge is -2.15. The molecule has 0 spiro atoms. The molecule has 1 aliphatic rings. The fourth-order valence-electron chi connectivity index (χ4n) is 3.09. The van der Waals surface area contributed by atoms with Crippen LogP contribution in [0.15, 0.2) is 24.3 Å². The Kier molecular flexibility index (Phi) is 6.32. The Bertz CT molecular complexity index is 819. The number of fused-ring (bicyclic) bond motifs is 1. The van der Waals surface area contributed by atoms with Gasteiger partial charge in [-0.15, -0.1) is 11.3 Å². The maximum Gasteiger partial charge on any atom is 0.259 e. The van der Waals surface area contributed by atoms with Gasteiger partial charge in [0.05, 0.1) is 23.2 Å². The lowest BCUT2D eigenvalue weighted by molar-refractivity contribution is -0.113. The van der Waals surface area contributed by atoms with Crippen LogP contribution in [-0.4, -0.2) is 23.8 Å². The Balaban J connectivity index is 1.93. The topological polar surface area (TPSA) is 67.4 Å². The summed E-state index contributed by atoms with van der Waals surface area (Å²) in [6, 6.07) is 7.37. The standard InChI is InChI=1S/C19H21BrN2O3S/c1-2-25-14-9-5-4-8-13(14)21-18(24)17-12-7-3-6-10-15(12)26-19(17)22-16(23)11-20/h4-5,8-9H,2-3,6-7,10-11H2,1H3,(H,21,24)(H,22,23). The summed E-state index contributed by atoms with van der Waals surface area (Å²) in [7, 11) is 0. The molecule has 138 valence electrons. The van der Waals surface area contributed by atoms with Crippen LogP contribution in [0, 0.1) is 0 Å². The van der Waals surface area contributed by atoms with Gasteiger partial charge in [0.25, 0.3) is 5.91 Å². The highest BCUT2D eigenvalue weighted by Crippen LogP contribution is 2.39. The lowest BCUT2D eigenvalue weighted by Crippen LogP contribution is -2.19. The smallest absolute Gasteiger partial charge is 0.259 e. The summed E-state index contributed by atoms with van der Waals surface area (Å²) in [4.78, 5) is 26.1. The third-order valence-electron chi connectivity index (χ3n) is 4.21. The van der Waals surface area contributed by atoms with E-state index in [1.807, 2.05) is 31.2 Å². The molecule has 1 heterocycles. The highest BCUT2D eigenvalue weighted by atomic mass is 79.9. The average Bonchev–Trinajstić information content (AvgIpc) is 3.01. The highest BCUT2D eigenvalue weighted by Gasteiger charge is 2.26. The zero-order chi connectivity index (χ0) is 18.5. The van der Waals surface area contributed by atoms with E-state index in [1.54, 1.807) is 0 Å². The van der Waals surface area contributed by atoms with Crippen molar-refractivity contribution in [2.24, 2.45) is 0 Å². The summed E-state index contributed by atoms with van der Waals surface area (Å²) in [5.74, 6) is 0.271. The Morgan fingerprint density at radius 1 is 1.19 bits per heavy atom. The van der Waals surface area contributed by atoms with Crippen molar-refractivity contribution >= 4 is 49.8 Å². The molecule has 0 fully saturated rings. The molecular formula is C19H21BrN2O3S. The number of thiophene rings is 1. The number of para-hydroxylation sites is 2. The number of nitrogens with one attached hydrogen (secondary N) is 2. The van der Waals surface area contributed by atoms with Crippen LogP contribution < -0.4 is 15.4 Å². The number of alkyl halides is 1. The van der Waals surface area contributed by atoms with Crippen LogP contribution in [0.4, 0.5) is 10.7 Å². The van der Waals surface area contributed by atoms with E-state index in [0.717, 1.165) is 31.2 Å². The summed E-state index contributed by atoms with van der Waals surface area (Å²) in [6.45, 7) is 2.43. The molecule has 0 aliphatic heterocycles. The van der Waals surface area contributed by atoms with E-state index in [4.69, 9.17) is 4.74 Å². The van der Waals surface area contributed by atoms with Crippen LogP contribution in [0.5, 0.6) is 5.75 Å². The van der Waals surface area contributed by atoms with E-state index < -0.39 is 0 Å². The molecule has 0 atom stereocenters. The normalized spacial score (nSPS) is 13.0. The predicted octanol–water partition coefficient (Wildman–Crippen LogP) is 4.61.